The second kappa shape index (κ2) is 8.57. The molecule has 1 heterocycles. The zero-order chi connectivity index (χ0) is 18.4. The molecule has 1 aromatic rings. The Hall–Kier alpha value is -1.74. The zero-order valence-electron chi connectivity index (χ0n) is 14.0. The quantitative estimate of drug-likeness (QED) is 0.789. The zero-order valence-corrected chi connectivity index (χ0v) is 14.8. The Morgan fingerprint density at radius 2 is 1.88 bits per heavy atom. The molecular weight excluding hydrogens is 354 g/mol. The molecule has 140 valence electrons. The van der Waals surface area contributed by atoms with Crippen molar-refractivity contribution in [2.45, 2.75) is 32.9 Å². The number of nitrogens with zero attached hydrogens (tertiary/aromatic N) is 1. The average molecular weight is 376 g/mol. The number of rotatable bonds is 7. The van der Waals surface area contributed by atoms with Crippen LogP contribution in [0.3, 0.4) is 0 Å². The molecule has 2 rings (SSSR count). The molecule has 1 fully saturated rings. The average Bonchev–Trinajstić information content (AvgIpc) is 2.60. The normalized spacial score (nSPS) is 16.8. The maximum Gasteiger partial charge on any atom is 0.387 e. The molecule has 0 bridgehead atoms. The fraction of sp³-hybridized carbons (Fsp3) is 0.562. The van der Waals surface area contributed by atoms with E-state index in [4.69, 9.17) is 0 Å². The van der Waals surface area contributed by atoms with Gasteiger partial charge in [0, 0.05) is 25.6 Å². The van der Waals surface area contributed by atoms with E-state index in [1.807, 2.05) is 0 Å². The lowest BCUT2D eigenvalue weighted by Crippen LogP contribution is -2.43. The maximum atomic E-state index is 12.2. The molecule has 1 aliphatic heterocycles. The van der Waals surface area contributed by atoms with Crippen molar-refractivity contribution >= 4 is 15.9 Å². The highest BCUT2D eigenvalue weighted by Crippen LogP contribution is 2.20. The first-order chi connectivity index (χ1) is 11.8. The smallest absolute Gasteiger partial charge is 0.387 e. The van der Waals surface area contributed by atoms with E-state index in [-0.39, 0.29) is 29.9 Å². The van der Waals surface area contributed by atoms with E-state index in [0.717, 1.165) is 5.56 Å². The number of hydrogen-bond acceptors (Lipinski definition) is 4. The van der Waals surface area contributed by atoms with E-state index >= 15 is 0 Å². The number of carbonyl (C=O) groups is 1. The fourth-order valence-corrected chi connectivity index (χ4v) is 3.83. The number of carbonyl (C=O) groups excluding carboxylic acids is 1. The molecule has 9 heteroatoms. The molecule has 1 aliphatic rings. The number of halogens is 2. The lowest BCUT2D eigenvalue weighted by atomic mass is 9.97. The van der Waals surface area contributed by atoms with Gasteiger partial charge in [-0.25, -0.2) is 12.7 Å². The molecule has 1 saturated heterocycles. The van der Waals surface area contributed by atoms with Crippen molar-refractivity contribution in [1.82, 2.24) is 9.62 Å². The van der Waals surface area contributed by atoms with Gasteiger partial charge in [0.15, 0.2) is 0 Å². The molecule has 0 saturated carbocycles. The van der Waals surface area contributed by atoms with E-state index in [1.165, 1.54) is 16.4 Å². The Kier molecular flexibility index (Phi) is 6.71. The second-order valence-electron chi connectivity index (χ2n) is 5.81. The van der Waals surface area contributed by atoms with Crippen LogP contribution in [0.1, 0.15) is 25.3 Å². The summed E-state index contributed by atoms with van der Waals surface area (Å²) in [4.78, 5) is 12.2. The summed E-state index contributed by atoms with van der Waals surface area (Å²) in [6.07, 6.45) is 0.985. The lowest BCUT2D eigenvalue weighted by Gasteiger charge is -2.30. The van der Waals surface area contributed by atoms with Crippen LogP contribution in [-0.2, 0) is 21.4 Å². The SMILES string of the molecule is CCS(=O)(=O)N1CCC(C(=O)NCc2ccc(OC(F)F)cc2)CC1. The van der Waals surface area contributed by atoms with Crippen LogP contribution in [-0.4, -0.2) is 44.1 Å². The molecular formula is C16H22F2N2O4S. The predicted octanol–water partition coefficient (Wildman–Crippen LogP) is 1.97. The van der Waals surface area contributed by atoms with Crippen molar-refractivity contribution in [3.63, 3.8) is 0 Å². The van der Waals surface area contributed by atoms with Gasteiger partial charge in [0.25, 0.3) is 0 Å². The number of nitrogens with one attached hydrogen (secondary N) is 1. The Morgan fingerprint density at radius 3 is 2.40 bits per heavy atom. The molecule has 0 aromatic heterocycles. The maximum absolute atomic E-state index is 12.2. The number of hydrogen-bond donors (Lipinski definition) is 1. The van der Waals surface area contributed by atoms with Gasteiger partial charge in [-0.1, -0.05) is 12.1 Å². The summed E-state index contributed by atoms with van der Waals surface area (Å²) in [6.45, 7) is -0.276. The Balaban J connectivity index is 1.79. The summed E-state index contributed by atoms with van der Waals surface area (Å²) < 4.78 is 53.5. The molecule has 0 aliphatic carbocycles. The van der Waals surface area contributed by atoms with Crippen LogP contribution in [0.25, 0.3) is 0 Å². The van der Waals surface area contributed by atoms with Crippen LogP contribution in [0.4, 0.5) is 8.78 Å². The van der Waals surface area contributed by atoms with Crippen LogP contribution in [0.15, 0.2) is 24.3 Å². The highest BCUT2D eigenvalue weighted by Gasteiger charge is 2.29. The van der Waals surface area contributed by atoms with E-state index in [9.17, 15) is 22.0 Å². The van der Waals surface area contributed by atoms with Crippen molar-refractivity contribution in [1.29, 1.82) is 0 Å². The molecule has 1 amide bonds. The first kappa shape index (κ1) is 19.6. The minimum absolute atomic E-state index is 0.0644. The van der Waals surface area contributed by atoms with Gasteiger partial charge in [0.1, 0.15) is 5.75 Å². The van der Waals surface area contributed by atoms with Crippen molar-refractivity contribution in [2.24, 2.45) is 5.92 Å². The van der Waals surface area contributed by atoms with Gasteiger partial charge in [-0.15, -0.1) is 0 Å². The highest BCUT2D eigenvalue weighted by molar-refractivity contribution is 7.89. The van der Waals surface area contributed by atoms with Crippen molar-refractivity contribution in [3.8, 4) is 5.75 Å². The molecule has 6 nitrogen and oxygen atoms in total. The number of sulfonamides is 1. The molecule has 0 radical (unpaired) electrons. The van der Waals surface area contributed by atoms with Crippen molar-refractivity contribution in [3.05, 3.63) is 29.8 Å². The molecule has 0 atom stereocenters. The third-order valence-corrected chi connectivity index (χ3v) is 6.08. The van der Waals surface area contributed by atoms with E-state index < -0.39 is 16.6 Å². The Labute approximate surface area is 146 Å². The predicted molar refractivity (Wildman–Crippen MR) is 88.7 cm³/mol. The Morgan fingerprint density at radius 1 is 1.28 bits per heavy atom. The fourth-order valence-electron chi connectivity index (χ4n) is 2.70. The van der Waals surface area contributed by atoms with Crippen molar-refractivity contribution < 1.29 is 26.7 Å². The summed E-state index contributed by atoms with van der Waals surface area (Å²) in [5.74, 6) is -0.212. The lowest BCUT2D eigenvalue weighted by molar-refractivity contribution is -0.126. The van der Waals surface area contributed by atoms with Gasteiger partial charge in [0.05, 0.1) is 5.75 Å². The van der Waals surface area contributed by atoms with Gasteiger partial charge in [-0.3, -0.25) is 4.79 Å². The third-order valence-electron chi connectivity index (χ3n) is 4.20. The van der Waals surface area contributed by atoms with Gasteiger partial charge >= 0.3 is 6.61 Å². The summed E-state index contributed by atoms with van der Waals surface area (Å²) in [7, 11) is -3.20. The standard InChI is InChI=1S/C16H22F2N2O4S/c1-2-25(22,23)20-9-7-13(8-10-20)15(21)19-11-12-3-5-14(6-4-12)24-16(17)18/h3-6,13,16H,2,7-11H2,1H3,(H,19,21). The molecule has 0 unspecified atom stereocenters. The number of benzene rings is 1. The summed E-state index contributed by atoms with van der Waals surface area (Å²) in [5.41, 5.74) is 0.765. The molecule has 1 N–H and O–H groups in total. The summed E-state index contributed by atoms with van der Waals surface area (Å²) >= 11 is 0. The molecule has 0 spiro atoms. The summed E-state index contributed by atoms with van der Waals surface area (Å²) in [6, 6.07) is 6.05. The monoisotopic (exact) mass is 376 g/mol. The van der Waals surface area contributed by atoms with Crippen LogP contribution in [0.5, 0.6) is 5.75 Å². The highest BCUT2D eigenvalue weighted by atomic mass is 32.2. The number of alkyl halides is 2. The van der Waals surface area contributed by atoms with Gasteiger partial charge in [-0.05, 0) is 37.5 Å². The first-order valence-electron chi connectivity index (χ1n) is 8.11. The van der Waals surface area contributed by atoms with Crippen LogP contribution in [0.2, 0.25) is 0 Å². The number of ether oxygens (including phenoxy) is 1. The van der Waals surface area contributed by atoms with Gasteiger partial charge < -0.3 is 10.1 Å². The minimum Gasteiger partial charge on any atom is -0.435 e. The van der Waals surface area contributed by atoms with Crippen LogP contribution in [0, 0.1) is 5.92 Å². The topological polar surface area (TPSA) is 75.7 Å². The van der Waals surface area contributed by atoms with E-state index in [2.05, 4.69) is 10.1 Å². The molecule has 25 heavy (non-hydrogen) atoms. The molecule has 1 aromatic carbocycles. The van der Waals surface area contributed by atoms with Gasteiger partial charge in [-0.2, -0.15) is 8.78 Å². The minimum atomic E-state index is -3.20. The second-order valence-corrected chi connectivity index (χ2v) is 8.07. The third kappa shape index (κ3) is 5.64. The van der Waals surface area contributed by atoms with Crippen LogP contribution < -0.4 is 10.1 Å². The van der Waals surface area contributed by atoms with Gasteiger partial charge in [0.2, 0.25) is 15.9 Å². The summed E-state index contributed by atoms with van der Waals surface area (Å²) in [5, 5.41) is 2.80. The first-order valence-corrected chi connectivity index (χ1v) is 9.72. The largest absolute Gasteiger partial charge is 0.435 e. The van der Waals surface area contributed by atoms with Crippen LogP contribution >= 0.6 is 0 Å². The van der Waals surface area contributed by atoms with E-state index in [0.29, 0.717) is 25.9 Å². The van der Waals surface area contributed by atoms with E-state index in [1.54, 1.807) is 19.1 Å². The Bertz CT molecular complexity index is 672. The number of amides is 1. The number of piperidine rings is 1. The van der Waals surface area contributed by atoms with Crippen molar-refractivity contribution in [2.75, 3.05) is 18.8 Å².